The highest BCUT2D eigenvalue weighted by atomic mass is 16.2. The average Bonchev–Trinajstić information content (AvgIpc) is 3.00. The third-order valence-corrected chi connectivity index (χ3v) is 5.18. The van der Waals surface area contributed by atoms with Gasteiger partial charge in [0.1, 0.15) is 0 Å². The van der Waals surface area contributed by atoms with Crippen molar-refractivity contribution < 1.29 is 4.79 Å². The molecule has 2 aromatic rings. The molecule has 1 aliphatic heterocycles. The lowest BCUT2D eigenvalue weighted by molar-refractivity contribution is -0.124. The van der Waals surface area contributed by atoms with Crippen LogP contribution in [0.5, 0.6) is 0 Å². The Morgan fingerprint density at radius 3 is 2.82 bits per heavy atom. The van der Waals surface area contributed by atoms with Crippen LogP contribution in [0.3, 0.4) is 0 Å². The number of pyridine rings is 1. The maximum atomic E-state index is 12.6. The Balaban J connectivity index is 1.61. The van der Waals surface area contributed by atoms with Crippen molar-refractivity contribution in [3.05, 3.63) is 42.2 Å². The first kappa shape index (κ1) is 13.7. The number of carbonyl (C=O) groups is 1. The van der Waals surface area contributed by atoms with Crippen molar-refractivity contribution in [2.75, 3.05) is 13.1 Å². The molecule has 4 nitrogen and oxygen atoms in total. The molecule has 3 atom stereocenters. The summed E-state index contributed by atoms with van der Waals surface area (Å²) in [6.45, 7) is 6.14. The van der Waals surface area contributed by atoms with Gasteiger partial charge < -0.3 is 10.6 Å². The largest absolute Gasteiger partial charge is 0.347 e. The molecule has 2 fully saturated rings. The lowest BCUT2D eigenvalue weighted by atomic mass is 9.89. The molecule has 2 aliphatic rings. The quantitative estimate of drug-likeness (QED) is 0.911. The Morgan fingerprint density at radius 1 is 1.27 bits per heavy atom. The topological polar surface area (TPSA) is 54.0 Å². The maximum Gasteiger partial charge on any atom is 0.224 e. The number of nitrogens with zero attached hydrogens (tertiary/aromatic N) is 1. The molecule has 1 saturated carbocycles. The van der Waals surface area contributed by atoms with Gasteiger partial charge in [-0.2, -0.15) is 0 Å². The summed E-state index contributed by atoms with van der Waals surface area (Å²) in [5, 5.41) is 8.87. The van der Waals surface area contributed by atoms with E-state index in [4.69, 9.17) is 0 Å². The molecule has 1 aliphatic carbocycles. The van der Waals surface area contributed by atoms with Crippen LogP contribution in [0.1, 0.15) is 19.4 Å². The van der Waals surface area contributed by atoms with Gasteiger partial charge in [-0.05, 0) is 55.8 Å². The third kappa shape index (κ3) is 2.10. The Bertz CT molecular complexity index is 725. The van der Waals surface area contributed by atoms with Gasteiger partial charge >= 0.3 is 0 Å². The summed E-state index contributed by atoms with van der Waals surface area (Å²) >= 11 is 0. The van der Waals surface area contributed by atoms with Crippen LogP contribution in [-0.2, 0) is 10.3 Å². The summed E-state index contributed by atoms with van der Waals surface area (Å²) in [4.78, 5) is 16.8. The van der Waals surface area contributed by atoms with E-state index in [1.165, 1.54) is 0 Å². The van der Waals surface area contributed by atoms with Crippen LogP contribution in [0.25, 0.3) is 10.8 Å². The normalized spacial score (nSPS) is 26.7. The lowest BCUT2D eigenvalue weighted by Crippen LogP contribution is -2.43. The van der Waals surface area contributed by atoms with Crippen LogP contribution >= 0.6 is 0 Å². The molecule has 1 aromatic heterocycles. The molecule has 1 amide bonds. The highest BCUT2D eigenvalue weighted by Gasteiger charge is 2.57. The summed E-state index contributed by atoms with van der Waals surface area (Å²) in [7, 11) is 0. The van der Waals surface area contributed by atoms with Crippen molar-refractivity contribution in [2.24, 2.45) is 17.8 Å². The Kier molecular flexibility index (Phi) is 2.98. The van der Waals surface area contributed by atoms with E-state index in [0.29, 0.717) is 11.8 Å². The van der Waals surface area contributed by atoms with E-state index in [2.05, 4.69) is 41.6 Å². The molecule has 1 saturated heterocycles. The first-order valence-corrected chi connectivity index (χ1v) is 7.94. The molecule has 2 N–H and O–H groups in total. The predicted octanol–water partition coefficient (Wildman–Crippen LogP) is 2.05. The summed E-state index contributed by atoms with van der Waals surface area (Å²) < 4.78 is 0. The minimum absolute atomic E-state index is 0.201. The van der Waals surface area contributed by atoms with Gasteiger partial charge in [-0.3, -0.25) is 9.78 Å². The number of rotatable bonds is 3. The molecular weight excluding hydrogens is 274 g/mol. The van der Waals surface area contributed by atoms with Gasteiger partial charge in [0.05, 0.1) is 5.54 Å². The fourth-order valence-corrected chi connectivity index (χ4v) is 3.93. The Hall–Kier alpha value is -1.94. The zero-order chi connectivity index (χ0) is 15.3. The van der Waals surface area contributed by atoms with Crippen molar-refractivity contribution in [3.63, 3.8) is 0 Å². The second-order valence-corrected chi connectivity index (χ2v) is 7.03. The van der Waals surface area contributed by atoms with E-state index in [9.17, 15) is 4.79 Å². The zero-order valence-electron chi connectivity index (χ0n) is 13.0. The van der Waals surface area contributed by atoms with Gasteiger partial charge in [0.2, 0.25) is 5.91 Å². The number of nitrogens with one attached hydrogen (secondary N) is 2. The summed E-state index contributed by atoms with van der Waals surface area (Å²) in [6, 6.07) is 8.20. The number of aromatic nitrogens is 1. The molecular formula is C18H21N3O. The lowest BCUT2D eigenvalue weighted by Gasteiger charge is -2.28. The minimum atomic E-state index is -0.387. The summed E-state index contributed by atoms with van der Waals surface area (Å²) in [5.74, 6) is 1.50. The number of hydrogen-bond donors (Lipinski definition) is 2. The van der Waals surface area contributed by atoms with Gasteiger partial charge in [0, 0.05) is 23.7 Å². The van der Waals surface area contributed by atoms with E-state index in [-0.39, 0.29) is 17.4 Å². The molecule has 1 aromatic carbocycles. The Morgan fingerprint density at radius 2 is 2.05 bits per heavy atom. The van der Waals surface area contributed by atoms with Crippen LogP contribution in [0.4, 0.5) is 0 Å². The van der Waals surface area contributed by atoms with Crippen LogP contribution in [-0.4, -0.2) is 24.0 Å². The molecule has 114 valence electrons. The number of benzene rings is 1. The van der Waals surface area contributed by atoms with Gasteiger partial charge in [-0.25, -0.2) is 0 Å². The van der Waals surface area contributed by atoms with E-state index >= 15 is 0 Å². The standard InChI is InChI=1S/C18H21N3O/c1-18(2,21-17(22)16-13-9-20-10-14(13)16)15-5-3-4-11-8-19-7-6-12(11)15/h3-8,13-14,16,20H,9-10H2,1-2H3,(H,21,22)/t13-,14+,16+. The number of hydrogen-bond acceptors (Lipinski definition) is 3. The molecule has 0 spiro atoms. The SMILES string of the molecule is CC(C)(NC(=O)[C@H]1[C@@H]2CNC[C@@H]21)c1cccc2cnccc12. The molecule has 4 rings (SSSR count). The number of amides is 1. The fraction of sp³-hybridized carbons (Fsp3) is 0.444. The Labute approximate surface area is 130 Å². The first-order valence-electron chi connectivity index (χ1n) is 7.94. The second kappa shape index (κ2) is 4.78. The van der Waals surface area contributed by atoms with Crippen molar-refractivity contribution in [1.29, 1.82) is 0 Å². The zero-order valence-corrected chi connectivity index (χ0v) is 13.0. The van der Waals surface area contributed by atoms with Gasteiger partial charge in [-0.15, -0.1) is 0 Å². The molecule has 0 unspecified atom stereocenters. The maximum absolute atomic E-state index is 12.6. The van der Waals surface area contributed by atoms with Crippen molar-refractivity contribution in [1.82, 2.24) is 15.6 Å². The molecule has 4 heteroatoms. The minimum Gasteiger partial charge on any atom is -0.347 e. The number of fused-ring (bicyclic) bond motifs is 2. The first-order chi connectivity index (χ1) is 10.6. The van der Waals surface area contributed by atoms with Crippen LogP contribution in [0, 0.1) is 17.8 Å². The molecule has 0 radical (unpaired) electrons. The van der Waals surface area contributed by atoms with E-state index in [0.717, 1.165) is 29.4 Å². The van der Waals surface area contributed by atoms with E-state index in [1.807, 2.05) is 18.3 Å². The second-order valence-electron chi connectivity index (χ2n) is 7.03. The molecule has 22 heavy (non-hydrogen) atoms. The molecule has 2 heterocycles. The smallest absolute Gasteiger partial charge is 0.224 e. The van der Waals surface area contributed by atoms with Crippen molar-refractivity contribution in [2.45, 2.75) is 19.4 Å². The van der Waals surface area contributed by atoms with Crippen molar-refractivity contribution in [3.8, 4) is 0 Å². The number of piperidine rings is 1. The van der Waals surface area contributed by atoms with Crippen molar-refractivity contribution >= 4 is 16.7 Å². The van der Waals surface area contributed by atoms with Crippen LogP contribution in [0.15, 0.2) is 36.7 Å². The monoisotopic (exact) mass is 295 g/mol. The van der Waals surface area contributed by atoms with Crippen LogP contribution < -0.4 is 10.6 Å². The highest BCUT2D eigenvalue weighted by molar-refractivity contribution is 5.88. The van der Waals surface area contributed by atoms with Gasteiger partial charge in [0.25, 0.3) is 0 Å². The third-order valence-electron chi connectivity index (χ3n) is 5.18. The summed E-state index contributed by atoms with van der Waals surface area (Å²) in [5.41, 5.74) is 0.757. The fourth-order valence-electron chi connectivity index (χ4n) is 3.93. The summed E-state index contributed by atoms with van der Waals surface area (Å²) in [6.07, 6.45) is 3.67. The molecule has 0 bridgehead atoms. The van der Waals surface area contributed by atoms with Gasteiger partial charge in [-0.1, -0.05) is 18.2 Å². The average molecular weight is 295 g/mol. The van der Waals surface area contributed by atoms with E-state index < -0.39 is 0 Å². The predicted molar refractivity (Wildman–Crippen MR) is 86.3 cm³/mol. The number of carbonyl (C=O) groups excluding carboxylic acids is 1. The van der Waals surface area contributed by atoms with Gasteiger partial charge in [0.15, 0.2) is 0 Å². The highest BCUT2D eigenvalue weighted by Crippen LogP contribution is 2.49. The van der Waals surface area contributed by atoms with Crippen LogP contribution in [0.2, 0.25) is 0 Å². The van der Waals surface area contributed by atoms with E-state index in [1.54, 1.807) is 6.20 Å².